The molecule has 0 unspecified atom stereocenters. The van der Waals surface area contributed by atoms with E-state index < -0.39 is 0 Å². The summed E-state index contributed by atoms with van der Waals surface area (Å²) in [6.45, 7) is 6.72. The van der Waals surface area contributed by atoms with Crippen LogP contribution in [-0.4, -0.2) is 16.5 Å². The van der Waals surface area contributed by atoms with Crippen LogP contribution >= 0.6 is 0 Å². The number of hydrogen-bond acceptors (Lipinski definition) is 2. The fourth-order valence-corrected chi connectivity index (χ4v) is 3.47. The van der Waals surface area contributed by atoms with Gasteiger partial charge in [-0.3, -0.25) is 0 Å². The van der Waals surface area contributed by atoms with Crippen LogP contribution in [0.15, 0.2) is 11.1 Å². The van der Waals surface area contributed by atoms with Crippen molar-refractivity contribution >= 4 is 16.5 Å². The molecule has 0 aliphatic heterocycles. The van der Waals surface area contributed by atoms with E-state index in [-0.39, 0.29) is 5.97 Å². The van der Waals surface area contributed by atoms with Crippen LogP contribution < -0.4 is 0 Å². The zero-order valence-corrected chi connectivity index (χ0v) is 18.1. The van der Waals surface area contributed by atoms with E-state index in [0.717, 1.165) is 31.3 Å². The molecule has 3 radical (unpaired) electrons. The van der Waals surface area contributed by atoms with Crippen molar-refractivity contribution in [1.29, 1.82) is 0 Å². The Labute approximate surface area is 160 Å². The zero-order valence-electron chi connectivity index (χ0n) is 17.1. The SMILES string of the molecule is CCCCCCCC(C(=O)O[Si])=C(CCCCCC)CCCCCC. The summed E-state index contributed by atoms with van der Waals surface area (Å²) in [5.41, 5.74) is 2.32. The zero-order chi connectivity index (χ0) is 18.8. The van der Waals surface area contributed by atoms with Gasteiger partial charge in [0.1, 0.15) is 0 Å². The molecular formula is C22H41O2Si. The summed E-state index contributed by atoms with van der Waals surface area (Å²) in [5, 5.41) is 0. The summed E-state index contributed by atoms with van der Waals surface area (Å²) < 4.78 is 4.94. The lowest BCUT2D eigenvalue weighted by atomic mass is 9.92. The third kappa shape index (κ3) is 13.3. The monoisotopic (exact) mass is 365 g/mol. The minimum Gasteiger partial charge on any atom is -0.513 e. The van der Waals surface area contributed by atoms with Gasteiger partial charge in [-0.2, -0.15) is 0 Å². The summed E-state index contributed by atoms with van der Waals surface area (Å²) in [6, 6.07) is 0. The maximum absolute atomic E-state index is 12.3. The quantitative estimate of drug-likeness (QED) is 0.155. The van der Waals surface area contributed by atoms with Gasteiger partial charge in [-0.25, -0.2) is 4.79 Å². The molecule has 0 aliphatic carbocycles. The number of hydrogen-bond donors (Lipinski definition) is 0. The highest BCUT2D eigenvalue weighted by Crippen LogP contribution is 2.25. The predicted molar refractivity (Wildman–Crippen MR) is 110 cm³/mol. The van der Waals surface area contributed by atoms with Gasteiger partial charge in [-0.05, 0) is 38.5 Å². The van der Waals surface area contributed by atoms with E-state index >= 15 is 0 Å². The highest BCUT2D eigenvalue weighted by molar-refractivity contribution is 6.09. The fourth-order valence-electron chi connectivity index (χ4n) is 3.35. The van der Waals surface area contributed by atoms with Gasteiger partial charge < -0.3 is 4.43 Å². The maximum atomic E-state index is 12.3. The highest BCUT2D eigenvalue weighted by atomic mass is 28.2. The summed E-state index contributed by atoms with van der Waals surface area (Å²) in [7, 11) is 2.97. The Morgan fingerprint density at radius 2 is 1.04 bits per heavy atom. The van der Waals surface area contributed by atoms with Gasteiger partial charge in [-0.15, -0.1) is 0 Å². The largest absolute Gasteiger partial charge is 0.513 e. The third-order valence-electron chi connectivity index (χ3n) is 4.96. The summed E-state index contributed by atoms with van der Waals surface area (Å²) >= 11 is 0. The molecule has 0 heterocycles. The molecule has 0 N–H and O–H groups in total. The molecule has 0 saturated heterocycles. The smallest absolute Gasteiger partial charge is 0.345 e. The van der Waals surface area contributed by atoms with Gasteiger partial charge in [0.15, 0.2) is 0 Å². The Balaban J connectivity index is 4.81. The molecule has 0 bridgehead atoms. The van der Waals surface area contributed by atoms with Crippen LogP contribution in [0.25, 0.3) is 0 Å². The molecule has 0 amide bonds. The third-order valence-corrected chi connectivity index (χ3v) is 5.15. The average molecular weight is 366 g/mol. The number of unbranched alkanes of at least 4 members (excludes halogenated alkanes) is 10. The van der Waals surface area contributed by atoms with Crippen molar-refractivity contribution < 1.29 is 9.22 Å². The van der Waals surface area contributed by atoms with Gasteiger partial charge in [0.25, 0.3) is 0 Å². The molecule has 0 aromatic carbocycles. The van der Waals surface area contributed by atoms with Gasteiger partial charge in [-0.1, -0.05) is 90.6 Å². The van der Waals surface area contributed by atoms with Gasteiger partial charge in [0.2, 0.25) is 0 Å². The second-order valence-electron chi connectivity index (χ2n) is 7.26. The van der Waals surface area contributed by atoms with Crippen molar-refractivity contribution in [2.75, 3.05) is 0 Å². The fraction of sp³-hybridized carbons (Fsp3) is 0.864. The van der Waals surface area contributed by atoms with E-state index in [1.807, 2.05) is 0 Å². The molecule has 0 aliphatic rings. The molecule has 3 heteroatoms. The van der Waals surface area contributed by atoms with Crippen LogP contribution in [0.4, 0.5) is 0 Å². The Hall–Kier alpha value is -0.573. The molecule has 0 aromatic heterocycles. The predicted octanol–water partition coefficient (Wildman–Crippen LogP) is 7.21. The molecule has 0 saturated carbocycles. The average Bonchev–Trinajstić information content (AvgIpc) is 2.63. The standard InChI is InChI=1S/C22H41O2Si/c1-4-7-10-13-16-19-21(22(23)24-25)20(17-14-11-8-5-2)18-15-12-9-6-3/h4-19H2,1-3H3. The first kappa shape index (κ1) is 24.4. The van der Waals surface area contributed by atoms with Gasteiger partial charge in [0.05, 0.1) is 0 Å². The van der Waals surface area contributed by atoms with Crippen molar-refractivity contribution in [2.45, 2.75) is 124 Å². The first-order valence-corrected chi connectivity index (χ1v) is 11.2. The Morgan fingerprint density at radius 1 is 0.640 bits per heavy atom. The van der Waals surface area contributed by atoms with E-state index in [0.29, 0.717) is 0 Å². The van der Waals surface area contributed by atoms with Crippen LogP contribution in [0.1, 0.15) is 124 Å². The second-order valence-corrected chi connectivity index (χ2v) is 7.46. The molecule has 0 aromatic rings. The van der Waals surface area contributed by atoms with Crippen LogP contribution in [0.2, 0.25) is 0 Å². The maximum Gasteiger partial charge on any atom is 0.345 e. The summed E-state index contributed by atoms with van der Waals surface area (Å²) in [4.78, 5) is 12.3. The molecular weight excluding hydrogens is 324 g/mol. The van der Waals surface area contributed by atoms with Crippen LogP contribution in [0.3, 0.4) is 0 Å². The Bertz CT molecular complexity index is 336. The van der Waals surface area contributed by atoms with Gasteiger partial charge in [0, 0.05) is 5.57 Å². The molecule has 0 atom stereocenters. The van der Waals surface area contributed by atoms with Crippen LogP contribution in [0.5, 0.6) is 0 Å². The highest BCUT2D eigenvalue weighted by Gasteiger charge is 2.15. The molecule has 2 nitrogen and oxygen atoms in total. The second kappa shape index (κ2) is 18.2. The lowest BCUT2D eigenvalue weighted by molar-refractivity contribution is -0.130. The van der Waals surface area contributed by atoms with Gasteiger partial charge >= 0.3 is 16.5 Å². The van der Waals surface area contributed by atoms with Crippen molar-refractivity contribution in [1.82, 2.24) is 0 Å². The Kier molecular flexibility index (Phi) is 17.8. The minimum atomic E-state index is -0.159. The van der Waals surface area contributed by atoms with Crippen LogP contribution in [-0.2, 0) is 9.22 Å². The first-order valence-electron chi connectivity index (χ1n) is 10.8. The lowest BCUT2D eigenvalue weighted by Crippen LogP contribution is -2.10. The normalized spacial score (nSPS) is 10.7. The van der Waals surface area contributed by atoms with E-state index in [4.69, 9.17) is 4.43 Å². The van der Waals surface area contributed by atoms with E-state index in [2.05, 4.69) is 31.3 Å². The summed E-state index contributed by atoms with van der Waals surface area (Å²) in [6.07, 6.45) is 19.2. The van der Waals surface area contributed by atoms with Crippen molar-refractivity contribution in [2.24, 2.45) is 0 Å². The minimum absolute atomic E-state index is 0.159. The topological polar surface area (TPSA) is 26.3 Å². The van der Waals surface area contributed by atoms with E-state index in [1.165, 1.54) is 82.6 Å². The molecule has 0 rings (SSSR count). The summed E-state index contributed by atoms with van der Waals surface area (Å²) in [5.74, 6) is -0.159. The first-order chi connectivity index (χ1) is 12.2. The molecule has 25 heavy (non-hydrogen) atoms. The molecule has 0 fully saturated rings. The number of allylic oxidation sites excluding steroid dienone is 1. The molecule has 145 valence electrons. The number of carbonyl (C=O) groups is 1. The Morgan fingerprint density at radius 3 is 1.48 bits per heavy atom. The van der Waals surface area contributed by atoms with E-state index in [1.54, 1.807) is 0 Å². The number of carbonyl (C=O) groups excluding carboxylic acids is 1. The van der Waals surface area contributed by atoms with Crippen molar-refractivity contribution in [3.63, 3.8) is 0 Å². The van der Waals surface area contributed by atoms with Crippen molar-refractivity contribution in [3.05, 3.63) is 11.1 Å². The lowest BCUT2D eigenvalue weighted by Gasteiger charge is -2.15. The number of rotatable bonds is 17. The van der Waals surface area contributed by atoms with Crippen molar-refractivity contribution in [3.8, 4) is 0 Å². The van der Waals surface area contributed by atoms with E-state index in [9.17, 15) is 4.79 Å². The van der Waals surface area contributed by atoms with Crippen LogP contribution in [0, 0.1) is 0 Å². The molecule has 0 spiro atoms.